The fraction of sp³-hybridized carbons (Fsp3) is 0.706. The fourth-order valence-corrected chi connectivity index (χ4v) is 5.74. The van der Waals surface area contributed by atoms with Crippen molar-refractivity contribution in [3.05, 3.63) is 23.3 Å². The van der Waals surface area contributed by atoms with E-state index in [1.54, 1.807) is 5.57 Å². The Morgan fingerprint density at radius 1 is 1.05 bits per heavy atom. The van der Waals surface area contributed by atoms with E-state index in [0.29, 0.717) is 0 Å². The summed E-state index contributed by atoms with van der Waals surface area (Å²) in [6, 6.07) is 0. The molecule has 0 aromatic carbocycles. The predicted molar refractivity (Wildman–Crippen MR) is 73.6 cm³/mol. The molecule has 0 aromatic rings. The van der Waals surface area contributed by atoms with Gasteiger partial charge in [0, 0.05) is 6.08 Å². The van der Waals surface area contributed by atoms with E-state index in [4.69, 9.17) is 5.11 Å². The van der Waals surface area contributed by atoms with Crippen LogP contribution in [0.3, 0.4) is 0 Å². The van der Waals surface area contributed by atoms with E-state index in [9.17, 15) is 4.79 Å². The van der Waals surface area contributed by atoms with Gasteiger partial charge in [-0.15, -0.1) is 0 Å². The van der Waals surface area contributed by atoms with Crippen LogP contribution < -0.4 is 0 Å². The highest BCUT2D eigenvalue weighted by atomic mass is 16.4. The zero-order valence-electron chi connectivity index (χ0n) is 11.3. The maximum atomic E-state index is 10.8. The van der Waals surface area contributed by atoms with E-state index in [1.807, 2.05) is 0 Å². The Kier molecular flexibility index (Phi) is 2.61. The van der Waals surface area contributed by atoms with Crippen LogP contribution in [0.4, 0.5) is 0 Å². The lowest BCUT2D eigenvalue weighted by Crippen LogP contribution is -2.45. The lowest BCUT2D eigenvalue weighted by Gasteiger charge is -2.55. The van der Waals surface area contributed by atoms with Gasteiger partial charge < -0.3 is 5.11 Å². The zero-order chi connectivity index (χ0) is 13.0. The van der Waals surface area contributed by atoms with E-state index >= 15 is 0 Å². The maximum absolute atomic E-state index is 10.8. The van der Waals surface area contributed by atoms with E-state index < -0.39 is 5.97 Å². The number of allylic oxidation sites excluding steroid dienone is 3. The Hall–Kier alpha value is -1.05. The molecule has 5 rings (SSSR count). The summed E-state index contributed by atoms with van der Waals surface area (Å²) in [7, 11) is 0. The molecule has 1 N–H and O–H groups in total. The van der Waals surface area contributed by atoms with Crippen LogP contribution in [-0.2, 0) is 4.79 Å². The number of hydrogen-bond donors (Lipinski definition) is 1. The number of carboxylic acid groups (broad SMARTS) is 1. The molecule has 5 aliphatic carbocycles. The maximum Gasteiger partial charge on any atom is 0.328 e. The minimum atomic E-state index is -0.794. The highest BCUT2D eigenvalue weighted by Crippen LogP contribution is 2.59. The molecule has 0 amide bonds. The van der Waals surface area contributed by atoms with Crippen molar-refractivity contribution < 1.29 is 9.90 Å². The molecule has 0 heterocycles. The monoisotopic (exact) mass is 258 g/mol. The summed E-state index contributed by atoms with van der Waals surface area (Å²) >= 11 is 0. The van der Waals surface area contributed by atoms with Gasteiger partial charge in [-0.3, -0.25) is 0 Å². The molecular weight excluding hydrogens is 236 g/mol. The van der Waals surface area contributed by atoms with Gasteiger partial charge in [0.05, 0.1) is 0 Å². The van der Waals surface area contributed by atoms with Crippen molar-refractivity contribution in [3.8, 4) is 0 Å². The molecule has 0 aliphatic heterocycles. The standard InChI is InChI=1S/C17H22O2/c18-16(19)9-10-1-2-13(4-10)17-14-5-11-3-12(7-14)8-15(17)6-11/h4,9,11-12,14-15,17H,1-3,5-8H2,(H,18,19)/b10-9+. The van der Waals surface area contributed by atoms with Crippen LogP contribution in [0.2, 0.25) is 0 Å². The molecule has 4 bridgehead atoms. The van der Waals surface area contributed by atoms with Gasteiger partial charge in [-0.1, -0.05) is 11.6 Å². The topological polar surface area (TPSA) is 37.3 Å². The summed E-state index contributed by atoms with van der Waals surface area (Å²) in [5, 5.41) is 8.87. The molecule has 0 radical (unpaired) electrons. The highest BCUT2D eigenvalue weighted by molar-refractivity contribution is 5.81. The molecule has 4 fully saturated rings. The highest BCUT2D eigenvalue weighted by Gasteiger charge is 2.49. The number of aliphatic carboxylic acids is 1. The van der Waals surface area contributed by atoms with Gasteiger partial charge in [0.25, 0.3) is 0 Å². The molecule has 5 aliphatic rings. The van der Waals surface area contributed by atoms with Crippen molar-refractivity contribution in [1.82, 2.24) is 0 Å². The average Bonchev–Trinajstić information content (AvgIpc) is 2.75. The van der Waals surface area contributed by atoms with Crippen molar-refractivity contribution in [2.24, 2.45) is 29.6 Å². The first-order valence-electron chi connectivity index (χ1n) is 7.83. The second-order valence-electron chi connectivity index (χ2n) is 7.23. The minimum absolute atomic E-state index is 0.794. The van der Waals surface area contributed by atoms with Crippen LogP contribution in [0, 0.1) is 29.6 Å². The SMILES string of the molecule is O=C(O)/C=C1/C=C(C2C3CC4CC(C3)CC2C4)CC1. The summed E-state index contributed by atoms with van der Waals surface area (Å²) in [5.41, 5.74) is 2.62. The molecular formula is C17H22O2. The van der Waals surface area contributed by atoms with Crippen molar-refractivity contribution in [3.63, 3.8) is 0 Å². The molecule has 2 nitrogen and oxygen atoms in total. The second-order valence-corrected chi connectivity index (χ2v) is 7.23. The van der Waals surface area contributed by atoms with Crippen molar-refractivity contribution in [2.45, 2.75) is 44.9 Å². The van der Waals surface area contributed by atoms with Crippen molar-refractivity contribution >= 4 is 5.97 Å². The van der Waals surface area contributed by atoms with Gasteiger partial charge in [0.15, 0.2) is 0 Å². The van der Waals surface area contributed by atoms with E-state index in [-0.39, 0.29) is 0 Å². The first kappa shape index (κ1) is 11.7. The van der Waals surface area contributed by atoms with Crippen LogP contribution >= 0.6 is 0 Å². The molecule has 0 atom stereocenters. The molecule has 4 saturated carbocycles. The number of carboxylic acids is 1. The first-order valence-corrected chi connectivity index (χ1v) is 7.83. The Labute approximate surface area is 114 Å². The first-order chi connectivity index (χ1) is 9.19. The normalized spacial score (nSPS) is 45.8. The Balaban J connectivity index is 1.58. The van der Waals surface area contributed by atoms with Crippen LogP contribution in [0.15, 0.2) is 23.3 Å². The van der Waals surface area contributed by atoms with Crippen LogP contribution in [0.25, 0.3) is 0 Å². The smallest absolute Gasteiger partial charge is 0.328 e. The molecule has 0 aromatic heterocycles. The lowest BCUT2D eigenvalue weighted by molar-refractivity contribution is -0.131. The van der Waals surface area contributed by atoms with E-state index in [0.717, 1.165) is 48.0 Å². The van der Waals surface area contributed by atoms with Gasteiger partial charge >= 0.3 is 5.97 Å². The third-order valence-electron chi connectivity index (χ3n) is 6.04. The predicted octanol–water partition coefficient (Wildman–Crippen LogP) is 3.79. The van der Waals surface area contributed by atoms with Crippen LogP contribution in [0.5, 0.6) is 0 Å². The van der Waals surface area contributed by atoms with E-state index in [1.165, 1.54) is 38.2 Å². The molecule has 0 spiro atoms. The number of carbonyl (C=O) groups is 1. The minimum Gasteiger partial charge on any atom is -0.478 e. The van der Waals surface area contributed by atoms with Crippen LogP contribution in [0.1, 0.15) is 44.9 Å². The van der Waals surface area contributed by atoms with Gasteiger partial charge in [0.2, 0.25) is 0 Å². The summed E-state index contributed by atoms with van der Waals surface area (Å²) in [6.45, 7) is 0. The summed E-state index contributed by atoms with van der Waals surface area (Å²) in [5.74, 6) is 3.90. The summed E-state index contributed by atoms with van der Waals surface area (Å²) in [4.78, 5) is 10.8. The van der Waals surface area contributed by atoms with Crippen molar-refractivity contribution in [2.75, 3.05) is 0 Å². The summed E-state index contributed by atoms with van der Waals surface area (Å²) < 4.78 is 0. The average molecular weight is 258 g/mol. The van der Waals surface area contributed by atoms with Crippen molar-refractivity contribution in [1.29, 1.82) is 0 Å². The lowest BCUT2D eigenvalue weighted by atomic mass is 9.50. The zero-order valence-corrected chi connectivity index (χ0v) is 11.3. The molecule has 0 saturated heterocycles. The molecule has 2 heteroatoms. The third kappa shape index (κ3) is 1.96. The van der Waals surface area contributed by atoms with Gasteiger partial charge in [-0.05, 0) is 80.1 Å². The quantitative estimate of drug-likeness (QED) is 0.765. The largest absolute Gasteiger partial charge is 0.478 e. The Morgan fingerprint density at radius 2 is 1.68 bits per heavy atom. The fourth-order valence-electron chi connectivity index (χ4n) is 5.74. The van der Waals surface area contributed by atoms with E-state index in [2.05, 4.69) is 6.08 Å². The summed E-state index contributed by atoms with van der Waals surface area (Å²) in [6.07, 6.45) is 13.0. The Bertz CT molecular complexity index is 444. The second kappa shape index (κ2) is 4.22. The molecule has 0 unspecified atom stereocenters. The molecule has 102 valence electrons. The van der Waals surface area contributed by atoms with Gasteiger partial charge in [0.1, 0.15) is 0 Å². The molecule has 19 heavy (non-hydrogen) atoms. The van der Waals surface area contributed by atoms with Crippen LogP contribution in [-0.4, -0.2) is 11.1 Å². The number of hydrogen-bond acceptors (Lipinski definition) is 1. The van der Waals surface area contributed by atoms with Gasteiger partial charge in [-0.25, -0.2) is 4.79 Å². The number of rotatable bonds is 2. The third-order valence-corrected chi connectivity index (χ3v) is 6.04. The van der Waals surface area contributed by atoms with Gasteiger partial charge in [-0.2, -0.15) is 0 Å². The Morgan fingerprint density at radius 3 is 2.26 bits per heavy atom.